The lowest BCUT2D eigenvalue weighted by atomic mass is 9.90. The van der Waals surface area contributed by atoms with E-state index in [1.807, 2.05) is 37.8 Å². The molecular formula is C20H32N2O2. The van der Waals surface area contributed by atoms with Crippen LogP contribution in [0.3, 0.4) is 0 Å². The first-order valence-corrected chi connectivity index (χ1v) is 8.97. The molecule has 0 aliphatic carbocycles. The number of nitrogens with zero attached hydrogens (tertiary/aromatic N) is 2. The quantitative estimate of drug-likeness (QED) is 0.915. The Morgan fingerprint density at radius 1 is 1.33 bits per heavy atom. The lowest BCUT2D eigenvalue weighted by molar-refractivity contribution is -0.141. The number of hydrogen-bond donors (Lipinski definition) is 1. The molecule has 0 spiro atoms. The van der Waals surface area contributed by atoms with Crippen LogP contribution in [0.5, 0.6) is 5.75 Å². The maximum Gasteiger partial charge on any atom is 0.227 e. The van der Waals surface area contributed by atoms with Gasteiger partial charge in [-0.25, -0.2) is 0 Å². The molecule has 0 radical (unpaired) electrons. The number of carbonyl (C=O) groups excluding carboxylic acids is 1. The van der Waals surface area contributed by atoms with E-state index in [4.69, 9.17) is 0 Å². The molecule has 0 unspecified atom stereocenters. The molecule has 4 heteroatoms. The van der Waals surface area contributed by atoms with Crippen molar-refractivity contribution in [2.24, 2.45) is 11.3 Å². The maximum atomic E-state index is 12.4. The molecule has 1 atom stereocenters. The van der Waals surface area contributed by atoms with Crippen molar-refractivity contribution in [3.8, 4) is 5.75 Å². The molecule has 0 bridgehead atoms. The van der Waals surface area contributed by atoms with Crippen LogP contribution in [0.15, 0.2) is 24.3 Å². The van der Waals surface area contributed by atoms with Gasteiger partial charge in [-0.2, -0.15) is 0 Å². The van der Waals surface area contributed by atoms with Crippen molar-refractivity contribution in [3.05, 3.63) is 29.8 Å². The van der Waals surface area contributed by atoms with Crippen LogP contribution in [-0.4, -0.2) is 47.5 Å². The molecule has 1 aromatic rings. The van der Waals surface area contributed by atoms with Crippen molar-refractivity contribution in [2.45, 2.75) is 46.6 Å². The Hall–Kier alpha value is -1.55. The molecule has 1 aliphatic rings. The second kappa shape index (κ2) is 7.56. The van der Waals surface area contributed by atoms with Crippen molar-refractivity contribution < 1.29 is 9.90 Å². The maximum absolute atomic E-state index is 12.4. The smallest absolute Gasteiger partial charge is 0.227 e. The summed E-state index contributed by atoms with van der Waals surface area (Å²) in [4.78, 5) is 16.7. The molecule has 1 heterocycles. The minimum atomic E-state index is -0.284. The summed E-state index contributed by atoms with van der Waals surface area (Å²) in [6.07, 6.45) is 2.14. The van der Waals surface area contributed by atoms with Crippen LogP contribution >= 0.6 is 0 Å². The molecule has 0 aromatic heterocycles. The first kappa shape index (κ1) is 18.8. The van der Waals surface area contributed by atoms with E-state index in [9.17, 15) is 9.90 Å². The molecule has 1 fully saturated rings. The fraction of sp³-hybridized carbons (Fsp3) is 0.650. The van der Waals surface area contributed by atoms with Gasteiger partial charge in [0.2, 0.25) is 5.91 Å². The van der Waals surface area contributed by atoms with Gasteiger partial charge in [-0.1, -0.05) is 32.9 Å². The van der Waals surface area contributed by atoms with Crippen LogP contribution in [0.25, 0.3) is 0 Å². The van der Waals surface area contributed by atoms with E-state index in [1.54, 1.807) is 6.07 Å². The topological polar surface area (TPSA) is 43.8 Å². The van der Waals surface area contributed by atoms with Crippen molar-refractivity contribution in [1.82, 2.24) is 9.80 Å². The number of hydrogen-bond acceptors (Lipinski definition) is 3. The van der Waals surface area contributed by atoms with Crippen LogP contribution in [0.1, 0.15) is 52.1 Å². The number of piperidine rings is 1. The number of phenolic OH excluding ortho intramolecular Hbond substituents is 1. The van der Waals surface area contributed by atoms with E-state index < -0.39 is 0 Å². The van der Waals surface area contributed by atoms with Crippen LogP contribution < -0.4 is 0 Å². The molecule has 1 aromatic carbocycles. The van der Waals surface area contributed by atoms with Gasteiger partial charge in [0.05, 0.1) is 0 Å². The van der Waals surface area contributed by atoms with Crippen molar-refractivity contribution in [1.29, 1.82) is 0 Å². The van der Waals surface area contributed by atoms with E-state index in [0.29, 0.717) is 11.7 Å². The van der Waals surface area contributed by atoms with E-state index >= 15 is 0 Å². The fourth-order valence-corrected chi connectivity index (χ4v) is 3.40. The molecule has 4 nitrogen and oxygen atoms in total. The number of carbonyl (C=O) groups is 1. The van der Waals surface area contributed by atoms with Gasteiger partial charge in [0.15, 0.2) is 0 Å². The lowest BCUT2D eigenvalue weighted by Gasteiger charge is -2.38. The highest BCUT2D eigenvalue weighted by Gasteiger charge is 2.30. The Morgan fingerprint density at radius 3 is 2.50 bits per heavy atom. The van der Waals surface area contributed by atoms with Gasteiger partial charge in [0.1, 0.15) is 5.75 Å². The highest BCUT2D eigenvalue weighted by molar-refractivity contribution is 5.81. The number of rotatable bonds is 4. The normalized spacial score (nSPS) is 18.0. The van der Waals surface area contributed by atoms with Crippen LogP contribution in [-0.2, 0) is 4.79 Å². The lowest BCUT2D eigenvalue weighted by Crippen LogP contribution is -2.45. The SMILES string of the molecule is C[C@@H](c1cccc(O)c1)N(C)CC1CCN(C(=O)C(C)(C)C)CC1. The Balaban J connectivity index is 1.86. The zero-order chi connectivity index (χ0) is 17.9. The summed E-state index contributed by atoms with van der Waals surface area (Å²) in [7, 11) is 2.14. The average Bonchev–Trinajstić information content (AvgIpc) is 2.53. The molecule has 1 N–H and O–H groups in total. The third-order valence-electron chi connectivity index (χ3n) is 5.10. The van der Waals surface area contributed by atoms with E-state index in [-0.39, 0.29) is 17.4 Å². The van der Waals surface area contributed by atoms with Gasteiger partial charge >= 0.3 is 0 Å². The van der Waals surface area contributed by atoms with Crippen molar-refractivity contribution in [3.63, 3.8) is 0 Å². The summed E-state index contributed by atoms with van der Waals surface area (Å²) in [5, 5.41) is 9.66. The average molecular weight is 332 g/mol. The largest absolute Gasteiger partial charge is 0.508 e. The number of benzene rings is 1. The van der Waals surface area contributed by atoms with Gasteiger partial charge in [-0.3, -0.25) is 9.69 Å². The third kappa shape index (κ3) is 4.73. The molecule has 1 saturated heterocycles. The van der Waals surface area contributed by atoms with Gasteiger partial charge in [0.25, 0.3) is 0 Å². The van der Waals surface area contributed by atoms with E-state index in [2.05, 4.69) is 24.9 Å². The van der Waals surface area contributed by atoms with Crippen molar-refractivity contribution >= 4 is 5.91 Å². The van der Waals surface area contributed by atoms with E-state index in [1.165, 1.54) is 0 Å². The number of amides is 1. The zero-order valence-electron chi connectivity index (χ0n) is 15.7. The van der Waals surface area contributed by atoms with Crippen LogP contribution in [0, 0.1) is 11.3 Å². The summed E-state index contributed by atoms with van der Waals surface area (Å²) in [6, 6.07) is 7.77. The number of phenols is 1. The first-order valence-electron chi connectivity index (χ1n) is 8.97. The molecule has 1 amide bonds. The second-order valence-corrected chi connectivity index (χ2v) is 8.20. The monoisotopic (exact) mass is 332 g/mol. The molecule has 0 saturated carbocycles. The second-order valence-electron chi connectivity index (χ2n) is 8.20. The Morgan fingerprint density at radius 2 is 1.96 bits per heavy atom. The highest BCUT2D eigenvalue weighted by Crippen LogP contribution is 2.27. The van der Waals surface area contributed by atoms with Crippen LogP contribution in [0.2, 0.25) is 0 Å². The summed E-state index contributed by atoms with van der Waals surface area (Å²) >= 11 is 0. The Labute approximate surface area is 146 Å². The van der Waals surface area contributed by atoms with Crippen molar-refractivity contribution in [2.75, 3.05) is 26.7 Å². The van der Waals surface area contributed by atoms with E-state index in [0.717, 1.165) is 38.0 Å². The van der Waals surface area contributed by atoms with Gasteiger partial charge < -0.3 is 10.0 Å². The molecule has 134 valence electrons. The standard InChI is InChI=1S/C20H32N2O2/c1-15(17-7-6-8-18(23)13-17)21(5)14-16-9-11-22(12-10-16)19(24)20(2,3)4/h6-8,13,15-16,23H,9-12,14H2,1-5H3/t15-/m0/s1. The summed E-state index contributed by atoms with van der Waals surface area (Å²) < 4.78 is 0. The Bertz CT molecular complexity index is 557. The summed E-state index contributed by atoms with van der Waals surface area (Å²) in [6.45, 7) is 10.9. The molecule has 24 heavy (non-hydrogen) atoms. The summed E-state index contributed by atoms with van der Waals surface area (Å²) in [5.41, 5.74) is 0.853. The number of likely N-dealkylation sites (tertiary alicyclic amines) is 1. The Kier molecular flexibility index (Phi) is 5.92. The fourth-order valence-electron chi connectivity index (χ4n) is 3.40. The van der Waals surface area contributed by atoms with Crippen LogP contribution in [0.4, 0.5) is 0 Å². The predicted molar refractivity (Wildman–Crippen MR) is 97.9 cm³/mol. The van der Waals surface area contributed by atoms with Gasteiger partial charge in [0, 0.05) is 31.1 Å². The molecule has 1 aliphatic heterocycles. The number of aromatic hydroxyl groups is 1. The van der Waals surface area contributed by atoms with Gasteiger partial charge in [-0.05, 0) is 50.4 Å². The minimum absolute atomic E-state index is 0.266. The third-order valence-corrected chi connectivity index (χ3v) is 5.10. The summed E-state index contributed by atoms with van der Waals surface area (Å²) in [5.74, 6) is 1.21. The molecule has 2 rings (SSSR count). The zero-order valence-corrected chi connectivity index (χ0v) is 15.7. The minimum Gasteiger partial charge on any atom is -0.508 e. The molecular weight excluding hydrogens is 300 g/mol. The highest BCUT2D eigenvalue weighted by atomic mass is 16.3. The predicted octanol–water partition coefficient (Wildman–Crippen LogP) is 3.67. The van der Waals surface area contributed by atoms with Gasteiger partial charge in [-0.15, -0.1) is 0 Å². The first-order chi connectivity index (χ1) is 11.2.